The number of hydrogen-bond acceptors (Lipinski definition) is 2. The summed E-state index contributed by atoms with van der Waals surface area (Å²) in [5.41, 5.74) is 2.78. The second-order valence-electron chi connectivity index (χ2n) is 5.46. The van der Waals surface area contributed by atoms with Gasteiger partial charge in [-0.3, -0.25) is 0 Å². The molecule has 1 heterocycles. The minimum absolute atomic E-state index is 0.123. The standard InChI is InChI=1S/C16H15FO2/c1-9-4-5-11-12(6-9)16(2,3)19-14-8-10(18)7-13(17)15(11)14/h4-8,18H,1-3H3. The highest BCUT2D eigenvalue weighted by Gasteiger charge is 2.34. The average molecular weight is 258 g/mol. The maximum atomic E-state index is 14.1. The Hall–Kier alpha value is -2.03. The first-order chi connectivity index (χ1) is 8.88. The number of halogens is 1. The molecule has 0 atom stereocenters. The summed E-state index contributed by atoms with van der Waals surface area (Å²) in [5, 5.41) is 9.51. The molecule has 0 fully saturated rings. The van der Waals surface area contributed by atoms with Gasteiger partial charge in [0, 0.05) is 17.7 Å². The molecule has 0 aromatic heterocycles. The Labute approximate surface area is 111 Å². The third kappa shape index (κ3) is 1.77. The van der Waals surface area contributed by atoms with Gasteiger partial charge in [-0.05, 0) is 26.3 Å². The molecule has 0 radical (unpaired) electrons. The van der Waals surface area contributed by atoms with E-state index in [0.717, 1.165) is 22.8 Å². The van der Waals surface area contributed by atoms with Crippen molar-refractivity contribution in [2.75, 3.05) is 0 Å². The van der Waals surface area contributed by atoms with Crippen LogP contribution in [0.1, 0.15) is 25.0 Å². The Morgan fingerprint density at radius 2 is 1.89 bits per heavy atom. The fourth-order valence-corrected chi connectivity index (χ4v) is 2.61. The lowest BCUT2D eigenvalue weighted by Crippen LogP contribution is -2.29. The molecule has 0 unspecified atom stereocenters. The van der Waals surface area contributed by atoms with Crippen LogP contribution in [0.25, 0.3) is 11.1 Å². The molecule has 0 saturated carbocycles. The second-order valence-corrected chi connectivity index (χ2v) is 5.46. The number of fused-ring (bicyclic) bond motifs is 3. The van der Waals surface area contributed by atoms with Gasteiger partial charge in [-0.15, -0.1) is 0 Å². The lowest BCUT2D eigenvalue weighted by Gasteiger charge is -2.35. The monoisotopic (exact) mass is 258 g/mol. The predicted molar refractivity (Wildman–Crippen MR) is 71.9 cm³/mol. The molecule has 98 valence electrons. The first-order valence-electron chi connectivity index (χ1n) is 6.21. The fraction of sp³-hybridized carbons (Fsp3) is 0.250. The quantitative estimate of drug-likeness (QED) is 0.769. The molecular weight excluding hydrogens is 243 g/mol. The van der Waals surface area contributed by atoms with Crippen LogP contribution in [0.3, 0.4) is 0 Å². The van der Waals surface area contributed by atoms with Crippen LogP contribution >= 0.6 is 0 Å². The zero-order valence-corrected chi connectivity index (χ0v) is 11.1. The van der Waals surface area contributed by atoms with E-state index in [4.69, 9.17) is 4.74 Å². The van der Waals surface area contributed by atoms with Crippen molar-refractivity contribution in [1.29, 1.82) is 0 Å². The van der Waals surface area contributed by atoms with Gasteiger partial charge in [-0.25, -0.2) is 4.39 Å². The van der Waals surface area contributed by atoms with Crippen LogP contribution in [0.4, 0.5) is 4.39 Å². The normalized spacial score (nSPS) is 15.4. The third-order valence-corrected chi connectivity index (χ3v) is 3.50. The van der Waals surface area contributed by atoms with E-state index >= 15 is 0 Å². The molecule has 0 bridgehead atoms. The van der Waals surface area contributed by atoms with E-state index in [2.05, 4.69) is 0 Å². The van der Waals surface area contributed by atoms with Crippen LogP contribution < -0.4 is 4.74 Å². The Bertz CT molecular complexity index is 675. The van der Waals surface area contributed by atoms with Gasteiger partial charge in [-0.1, -0.05) is 23.8 Å². The number of phenolic OH excluding ortho intramolecular Hbond substituents is 1. The highest BCUT2D eigenvalue weighted by Crippen LogP contribution is 2.47. The predicted octanol–water partition coefficient (Wildman–Crippen LogP) is 4.13. The van der Waals surface area contributed by atoms with Crippen molar-refractivity contribution < 1.29 is 14.2 Å². The Balaban J connectivity index is 2.36. The number of phenols is 1. The van der Waals surface area contributed by atoms with E-state index in [1.54, 1.807) is 0 Å². The van der Waals surface area contributed by atoms with Gasteiger partial charge in [0.05, 0.1) is 5.56 Å². The SMILES string of the molecule is Cc1ccc2c(c1)C(C)(C)Oc1cc(O)cc(F)c1-2. The molecule has 0 aliphatic carbocycles. The van der Waals surface area contributed by atoms with Gasteiger partial charge in [0.2, 0.25) is 0 Å². The zero-order chi connectivity index (χ0) is 13.8. The highest BCUT2D eigenvalue weighted by atomic mass is 19.1. The first-order valence-corrected chi connectivity index (χ1v) is 6.21. The van der Waals surface area contributed by atoms with E-state index in [1.165, 1.54) is 6.07 Å². The lowest BCUT2D eigenvalue weighted by atomic mass is 9.85. The van der Waals surface area contributed by atoms with Crippen molar-refractivity contribution in [2.45, 2.75) is 26.4 Å². The number of hydrogen-bond donors (Lipinski definition) is 1. The van der Waals surface area contributed by atoms with E-state index in [1.807, 2.05) is 39.0 Å². The maximum absolute atomic E-state index is 14.1. The Morgan fingerprint density at radius 1 is 1.16 bits per heavy atom. The van der Waals surface area contributed by atoms with Crippen molar-refractivity contribution in [3.63, 3.8) is 0 Å². The Morgan fingerprint density at radius 3 is 2.63 bits per heavy atom. The summed E-state index contributed by atoms with van der Waals surface area (Å²) in [6, 6.07) is 8.46. The number of benzene rings is 2. The molecule has 0 amide bonds. The van der Waals surface area contributed by atoms with Crippen molar-refractivity contribution in [3.05, 3.63) is 47.3 Å². The van der Waals surface area contributed by atoms with Crippen LogP contribution in [0.15, 0.2) is 30.3 Å². The molecule has 2 aromatic rings. The summed E-state index contributed by atoms with van der Waals surface area (Å²) >= 11 is 0. The van der Waals surface area contributed by atoms with Gasteiger partial charge in [0.15, 0.2) is 0 Å². The molecule has 2 aromatic carbocycles. The number of ether oxygens (including phenoxy) is 1. The van der Waals surface area contributed by atoms with E-state index < -0.39 is 11.4 Å². The number of aryl methyl sites for hydroxylation is 1. The molecule has 19 heavy (non-hydrogen) atoms. The van der Waals surface area contributed by atoms with Crippen molar-refractivity contribution in [1.82, 2.24) is 0 Å². The lowest BCUT2D eigenvalue weighted by molar-refractivity contribution is 0.105. The van der Waals surface area contributed by atoms with Crippen molar-refractivity contribution in [3.8, 4) is 22.6 Å². The van der Waals surface area contributed by atoms with Crippen LogP contribution in [-0.2, 0) is 5.60 Å². The summed E-state index contributed by atoms with van der Waals surface area (Å²) in [7, 11) is 0. The minimum atomic E-state index is -0.547. The van der Waals surface area contributed by atoms with E-state index in [-0.39, 0.29) is 5.75 Å². The van der Waals surface area contributed by atoms with Crippen molar-refractivity contribution in [2.24, 2.45) is 0 Å². The third-order valence-electron chi connectivity index (χ3n) is 3.50. The summed E-state index contributed by atoms with van der Waals surface area (Å²) in [6.45, 7) is 5.88. The van der Waals surface area contributed by atoms with Gasteiger partial charge in [0.25, 0.3) is 0 Å². The second kappa shape index (κ2) is 3.73. The fourth-order valence-electron chi connectivity index (χ4n) is 2.61. The van der Waals surface area contributed by atoms with Gasteiger partial charge >= 0.3 is 0 Å². The Kier molecular flexibility index (Phi) is 2.36. The van der Waals surface area contributed by atoms with E-state index in [9.17, 15) is 9.50 Å². The van der Waals surface area contributed by atoms with Crippen LogP contribution in [0, 0.1) is 12.7 Å². The summed E-state index contributed by atoms with van der Waals surface area (Å²) in [6.07, 6.45) is 0. The van der Waals surface area contributed by atoms with Crippen LogP contribution in [0.2, 0.25) is 0 Å². The van der Waals surface area contributed by atoms with Gasteiger partial charge in [0.1, 0.15) is 22.9 Å². The molecule has 0 spiro atoms. The topological polar surface area (TPSA) is 29.5 Å². The highest BCUT2D eigenvalue weighted by molar-refractivity contribution is 5.78. The van der Waals surface area contributed by atoms with E-state index in [0.29, 0.717) is 11.3 Å². The van der Waals surface area contributed by atoms with Crippen LogP contribution in [-0.4, -0.2) is 5.11 Å². The largest absolute Gasteiger partial charge is 0.508 e. The maximum Gasteiger partial charge on any atom is 0.138 e. The summed E-state index contributed by atoms with van der Waals surface area (Å²) in [5.74, 6) is -0.197. The molecule has 3 rings (SSSR count). The van der Waals surface area contributed by atoms with Crippen molar-refractivity contribution >= 4 is 0 Å². The zero-order valence-electron chi connectivity index (χ0n) is 11.1. The first kappa shape index (κ1) is 12.0. The van der Waals surface area contributed by atoms with Gasteiger partial charge < -0.3 is 9.84 Å². The number of rotatable bonds is 0. The molecule has 1 N–H and O–H groups in total. The minimum Gasteiger partial charge on any atom is -0.508 e. The molecule has 0 saturated heterocycles. The average Bonchev–Trinajstić information content (AvgIpc) is 2.28. The summed E-state index contributed by atoms with van der Waals surface area (Å²) in [4.78, 5) is 0. The molecule has 2 nitrogen and oxygen atoms in total. The molecular formula is C16H15FO2. The number of aromatic hydroxyl groups is 1. The molecule has 1 aliphatic rings. The molecule has 1 aliphatic heterocycles. The van der Waals surface area contributed by atoms with Crippen LogP contribution in [0.5, 0.6) is 11.5 Å². The summed E-state index contributed by atoms with van der Waals surface area (Å²) < 4.78 is 20.0. The molecule has 3 heteroatoms. The smallest absolute Gasteiger partial charge is 0.138 e. The van der Waals surface area contributed by atoms with Gasteiger partial charge in [-0.2, -0.15) is 0 Å².